The Morgan fingerprint density at radius 2 is 2.12 bits per heavy atom. The van der Waals surface area contributed by atoms with Gasteiger partial charge in [0.25, 0.3) is 0 Å². The number of carbonyl (C=O) groups excluding carboxylic acids is 1. The van der Waals surface area contributed by atoms with E-state index in [2.05, 4.69) is 9.71 Å². The predicted molar refractivity (Wildman–Crippen MR) is 94.2 cm³/mol. The van der Waals surface area contributed by atoms with Gasteiger partial charge >= 0.3 is 0 Å². The highest BCUT2D eigenvalue weighted by Gasteiger charge is 2.27. The maximum Gasteiger partial charge on any atom is 0.227 e. The maximum atomic E-state index is 12.8. The molecule has 0 bridgehead atoms. The van der Waals surface area contributed by atoms with Crippen LogP contribution < -0.4 is 4.72 Å². The molecule has 0 saturated carbocycles. The Bertz CT molecular complexity index is 828. The van der Waals surface area contributed by atoms with Crippen molar-refractivity contribution in [3.05, 3.63) is 36.0 Å². The van der Waals surface area contributed by atoms with Gasteiger partial charge in [0.1, 0.15) is 0 Å². The molecule has 0 radical (unpaired) electrons. The van der Waals surface area contributed by atoms with Crippen molar-refractivity contribution in [1.29, 1.82) is 0 Å². The first kappa shape index (κ1) is 17.0. The van der Waals surface area contributed by atoms with Crippen molar-refractivity contribution < 1.29 is 13.2 Å². The van der Waals surface area contributed by atoms with Gasteiger partial charge in [-0.2, -0.15) is 0 Å². The van der Waals surface area contributed by atoms with Gasteiger partial charge in [0, 0.05) is 36.2 Å². The second-order valence-corrected chi connectivity index (χ2v) is 8.23. The summed E-state index contributed by atoms with van der Waals surface area (Å²) in [6.45, 7) is 0.982. The summed E-state index contributed by atoms with van der Waals surface area (Å²) in [5.41, 5.74) is 2.00. The topological polar surface area (TPSA) is 82.3 Å². The highest BCUT2D eigenvalue weighted by Crippen LogP contribution is 2.22. The standard InChI is InChI=1S/C17H23N3O3S/c1-24(22,23)19-12-14-6-4-5-9-20(14)17(21)10-13-11-18-16-8-3-2-7-15(13)16/h2-3,7-8,11,14,18-19H,4-6,9-10,12H2,1H3. The van der Waals surface area contributed by atoms with E-state index in [1.165, 1.54) is 0 Å². The number of amides is 1. The molecule has 1 aliphatic heterocycles. The molecule has 2 heterocycles. The Balaban J connectivity index is 1.72. The average Bonchev–Trinajstić information content (AvgIpc) is 2.96. The second-order valence-electron chi connectivity index (χ2n) is 6.39. The first-order valence-corrected chi connectivity index (χ1v) is 10.1. The van der Waals surface area contributed by atoms with Gasteiger partial charge in [0.2, 0.25) is 15.9 Å². The van der Waals surface area contributed by atoms with Crippen molar-refractivity contribution in [2.45, 2.75) is 31.7 Å². The van der Waals surface area contributed by atoms with Crippen LogP contribution in [-0.2, 0) is 21.2 Å². The van der Waals surface area contributed by atoms with E-state index in [-0.39, 0.29) is 11.9 Å². The molecule has 1 unspecified atom stereocenters. The molecular weight excluding hydrogens is 326 g/mol. The normalized spacial score (nSPS) is 18.9. The smallest absolute Gasteiger partial charge is 0.227 e. The Morgan fingerprint density at radius 1 is 1.33 bits per heavy atom. The lowest BCUT2D eigenvalue weighted by Crippen LogP contribution is -2.49. The lowest BCUT2D eigenvalue weighted by atomic mass is 10.0. The van der Waals surface area contributed by atoms with Crippen molar-refractivity contribution in [2.24, 2.45) is 0 Å². The molecule has 1 aromatic heterocycles. The molecule has 1 aliphatic rings. The van der Waals surface area contributed by atoms with E-state index >= 15 is 0 Å². The third-order valence-corrected chi connectivity index (χ3v) is 5.24. The summed E-state index contributed by atoms with van der Waals surface area (Å²) < 4.78 is 25.2. The van der Waals surface area contributed by atoms with Gasteiger partial charge < -0.3 is 9.88 Å². The number of H-pyrrole nitrogens is 1. The number of rotatable bonds is 5. The highest BCUT2D eigenvalue weighted by molar-refractivity contribution is 7.88. The Kier molecular flexibility index (Phi) is 4.91. The zero-order valence-electron chi connectivity index (χ0n) is 13.8. The summed E-state index contributed by atoms with van der Waals surface area (Å²) in [4.78, 5) is 17.8. The summed E-state index contributed by atoms with van der Waals surface area (Å²) in [5.74, 6) is 0.0553. The number of nitrogens with one attached hydrogen (secondary N) is 2. The van der Waals surface area contributed by atoms with Gasteiger partial charge in [-0.15, -0.1) is 0 Å². The summed E-state index contributed by atoms with van der Waals surface area (Å²) in [7, 11) is -3.24. The molecule has 7 heteroatoms. The third kappa shape index (κ3) is 3.96. The van der Waals surface area contributed by atoms with Crippen LogP contribution in [0.5, 0.6) is 0 Å². The molecular formula is C17H23N3O3S. The highest BCUT2D eigenvalue weighted by atomic mass is 32.2. The van der Waals surface area contributed by atoms with Gasteiger partial charge in [-0.25, -0.2) is 13.1 Å². The van der Waals surface area contributed by atoms with Crippen LogP contribution in [0.1, 0.15) is 24.8 Å². The van der Waals surface area contributed by atoms with Crippen LogP contribution in [0.4, 0.5) is 0 Å². The number of aromatic nitrogens is 1. The molecule has 2 N–H and O–H groups in total. The lowest BCUT2D eigenvalue weighted by molar-refractivity contribution is -0.133. The van der Waals surface area contributed by atoms with E-state index in [1.54, 1.807) is 0 Å². The Labute approximate surface area is 142 Å². The first-order valence-electron chi connectivity index (χ1n) is 8.23. The summed E-state index contributed by atoms with van der Waals surface area (Å²) in [6.07, 6.45) is 6.19. The van der Waals surface area contributed by atoms with Crippen molar-refractivity contribution in [3.8, 4) is 0 Å². The van der Waals surface area contributed by atoms with E-state index in [9.17, 15) is 13.2 Å². The molecule has 0 aliphatic carbocycles. The van der Waals surface area contributed by atoms with E-state index in [4.69, 9.17) is 0 Å². The second kappa shape index (κ2) is 6.94. The van der Waals surface area contributed by atoms with Crippen LogP contribution in [0.15, 0.2) is 30.5 Å². The van der Waals surface area contributed by atoms with E-state index in [0.717, 1.165) is 42.0 Å². The maximum absolute atomic E-state index is 12.8. The monoisotopic (exact) mass is 349 g/mol. The number of likely N-dealkylation sites (tertiary alicyclic amines) is 1. The molecule has 2 aromatic rings. The molecule has 3 rings (SSSR count). The summed E-state index contributed by atoms with van der Waals surface area (Å²) in [6, 6.07) is 7.86. The number of hydrogen-bond acceptors (Lipinski definition) is 3. The number of carbonyl (C=O) groups is 1. The number of nitrogens with zero attached hydrogens (tertiary/aromatic N) is 1. The first-order chi connectivity index (χ1) is 11.4. The van der Waals surface area contributed by atoms with Crippen LogP contribution in [0, 0.1) is 0 Å². The largest absolute Gasteiger partial charge is 0.361 e. The van der Waals surface area contributed by atoms with Gasteiger partial charge in [-0.1, -0.05) is 18.2 Å². The lowest BCUT2D eigenvalue weighted by Gasteiger charge is -2.36. The molecule has 1 fully saturated rings. The number of benzene rings is 1. The quantitative estimate of drug-likeness (QED) is 0.861. The average molecular weight is 349 g/mol. The Hall–Kier alpha value is -1.86. The third-order valence-electron chi connectivity index (χ3n) is 4.55. The van der Waals surface area contributed by atoms with Crippen LogP contribution in [0.2, 0.25) is 0 Å². The van der Waals surface area contributed by atoms with E-state index in [1.807, 2.05) is 35.4 Å². The number of piperidine rings is 1. The number of sulfonamides is 1. The molecule has 1 saturated heterocycles. The SMILES string of the molecule is CS(=O)(=O)NCC1CCCCN1C(=O)Cc1c[nH]c2ccccc12. The van der Waals surface area contributed by atoms with Gasteiger partial charge in [0.05, 0.1) is 12.7 Å². The molecule has 0 spiro atoms. The molecule has 6 nitrogen and oxygen atoms in total. The zero-order valence-corrected chi connectivity index (χ0v) is 14.6. The van der Waals surface area contributed by atoms with Gasteiger partial charge in [-0.05, 0) is 30.9 Å². The minimum atomic E-state index is -3.24. The van der Waals surface area contributed by atoms with E-state index in [0.29, 0.717) is 19.5 Å². The molecule has 24 heavy (non-hydrogen) atoms. The van der Waals surface area contributed by atoms with Crippen molar-refractivity contribution in [2.75, 3.05) is 19.3 Å². The summed E-state index contributed by atoms with van der Waals surface area (Å²) in [5, 5.41) is 1.06. The molecule has 130 valence electrons. The number of hydrogen-bond donors (Lipinski definition) is 2. The Morgan fingerprint density at radius 3 is 2.92 bits per heavy atom. The van der Waals surface area contributed by atoms with Crippen molar-refractivity contribution in [3.63, 3.8) is 0 Å². The number of para-hydroxylation sites is 1. The summed E-state index contributed by atoms with van der Waals surface area (Å²) >= 11 is 0. The van der Waals surface area contributed by atoms with E-state index < -0.39 is 10.0 Å². The minimum absolute atomic E-state index is 0.0553. The fourth-order valence-corrected chi connectivity index (χ4v) is 3.83. The van der Waals surface area contributed by atoms with Crippen LogP contribution in [0.25, 0.3) is 10.9 Å². The van der Waals surface area contributed by atoms with Gasteiger partial charge in [0.15, 0.2) is 0 Å². The molecule has 1 amide bonds. The van der Waals surface area contributed by atoms with Gasteiger partial charge in [-0.3, -0.25) is 4.79 Å². The zero-order chi connectivity index (χ0) is 17.2. The van der Waals surface area contributed by atoms with Crippen LogP contribution >= 0.6 is 0 Å². The number of fused-ring (bicyclic) bond motifs is 1. The van der Waals surface area contributed by atoms with Crippen LogP contribution in [0.3, 0.4) is 0 Å². The minimum Gasteiger partial charge on any atom is -0.361 e. The number of aromatic amines is 1. The fourth-order valence-electron chi connectivity index (χ4n) is 3.33. The fraction of sp³-hybridized carbons (Fsp3) is 0.471. The van der Waals surface area contributed by atoms with Crippen molar-refractivity contribution >= 4 is 26.8 Å². The van der Waals surface area contributed by atoms with Crippen LogP contribution in [-0.4, -0.2) is 49.6 Å². The van der Waals surface area contributed by atoms with Crippen molar-refractivity contribution in [1.82, 2.24) is 14.6 Å². The molecule has 1 aromatic carbocycles. The predicted octanol–water partition coefficient (Wildman–Crippen LogP) is 1.64. The molecule has 1 atom stereocenters.